The van der Waals surface area contributed by atoms with Crippen LogP contribution in [0.1, 0.15) is 35.3 Å². The van der Waals surface area contributed by atoms with Gasteiger partial charge in [-0.2, -0.15) is 0 Å². The first-order chi connectivity index (χ1) is 24.8. The van der Waals surface area contributed by atoms with Gasteiger partial charge in [-0.05, 0) is 90.8 Å². The summed E-state index contributed by atoms with van der Waals surface area (Å²) in [4.78, 5) is 59.1. The van der Waals surface area contributed by atoms with Gasteiger partial charge in [0.05, 0.1) is 29.2 Å². The third kappa shape index (κ3) is 5.28. The summed E-state index contributed by atoms with van der Waals surface area (Å²) >= 11 is 2.88. The van der Waals surface area contributed by atoms with Crippen LogP contribution in [0.25, 0.3) is 10.8 Å². The van der Waals surface area contributed by atoms with Crippen LogP contribution in [-0.4, -0.2) is 41.2 Å². The van der Waals surface area contributed by atoms with Crippen LogP contribution in [0.15, 0.2) is 94.7 Å². The van der Waals surface area contributed by atoms with Crippen LogP contribution in [0.4, 0.5) is 11.4 Å². The van der Waals surface area contributed by atoms with Gasteiger partial charge in [-0.15, -0.1) is 11.8 Å². The van der Waals surface area contributed by atoms with Gasteiger partial charge in [0, 0.05) is 21.7 Å². The average Bonchev–Trinajstić information content (AvgIpc) is 3.87. The molecule has 2 aliphatic heterocycles. The quantitative estimate of drug-likeness (QED) is 0.166. The second-order valence-corrected chi connectivity index (χ2v) is 16.0. The number of aromatic nitrogens is 1. The van der Waals surface area contributed by atoms with Crippen LogP contribution in [0.5, 0.6) is 11.5 Å². The molecule has 3 amide bonds. The number of H-pyrrole nitrogens is 1. The SMILES string of the molecule is CCOc1cc([C@@H]2c3sc(=O)[nH]c3S[C@@H]3[C@@H]4C[C@@H]([C@@H]5C(=O)N(c6ccc(C)cc6)C(=O)[C@@H]45)[C@H]23)ccc1OCC(=O)Nc1ccc2ccccc2c1. The predicted molar refractivity (Wildman–Crippen MR) is 198 cm³/mol. The Labute approximate surface area is 302 Å². The monoisotopic (exact) mass is 717 g/mol. The molecule has 1 aromatic heterocycles. The highest BCUT2D eigenvalue weighted by atomic mass is 32.2. The third-order valence-corrected chi connectivity index (χ3v) is 13.6. The van der Waals surface area contributed by atoms with Crippen LogP contribution in [0.2, 0.25) is 0 Å². The lowest BCUT2D eigenvalue weighted by Gasteiger charge is -2.43. The number of benzene rings is 4. The van der Waals surface area contributed by atoms with Gasteiger partial charge >= 0.3 is 4.87 Å². The molecule has 2 saturated carbocycles. The molecule has 3 heterocycles. The molecular weight excluding hydrogens is 683 g/mol. The van der Waals surface area contributed by atoms with Crippen molar-refractivity contribution in [3.63, 3.8) is 0 Å². The fraction of sp³-hybridized carbons (Fsp3) is 0.300. The maximum atomic E-state index is 14.1. The molecule has 0 radical (unpaired) electrons. The lowest BCUT2D eigenvalue weighted by Crippen LogP contribution is -2.42. The molecule has 1 saturated heterocycles. The molecule has 51 heavy (non-hydrogen) atoms. The maximum Gasteiger partial charge on any atom is 0.305 e. The van der Waals surface area contributed by atoms with Crippen molar-refractivity contribution in [2.75, 3.05) is 23.4 Å². The number of anilines is 2. The van der Waals surface area contributed by atoms with E-state index in [-0.39, 0.29) is 70.0 Å². The van der Waals surface area contributed by atoms with Crippen molar-refractivity contribution < 1.29 is 23.9 Å². The molecule has 3 fully saturated rings. The van der Waals surface area contributed by atoms with Crippen LogP contribution >= 0.6 is 23.1 Å². The van der Waals surface area contributed by atoms with Crippen molar-refractivity contribution in [3.8, 4) is 11.5 Å². The summed E-state index contributed by atoms with van der Waals surface area (Å²) in [7, 11) is 0. The number of carbonyl (C=O) groups excluding carboxylic acids is 3. The van der Waals surface area contributed by atoms with Gasteiger partial charge in [-0.25, -0.2) is 0 Å². The van der Waals surface area contributed by atoms with Crippen molar-refractivity contribution in [2.45, 2.75) is 36.5 Å². The first-order valence-corrected chi connectivity index (χ1v) is 19.0. The summed E-state index contributed by atoms with van der Waals surface area (Å²) in [6.45, 7) is 4.06. The molecule has 7 atom stereocenters. The maximum absolute atomic E-state index is 14.1. The molecular formula is C40H35N3O6S2. The first kappa shape index (κ1) is 32.1. The Morgan fingerprint density at radius 1 is 0.882 bits per heavy atom. The molecule has 11 heteroatoms. The van der Waals surface area contributed by atoms with E-state index in [2.05, 4.69) is 10.3 Å². The Balaban J connectivity index is 1.00. The number of hydrogen-bond donors (Lipinski definition) is 2. The van der Waals surface area contributed by atoms with Crippen molar-refractivity contribution >= 4 is 63.0 Å². The normalized spacial score (nSPS) is 25.8. The number of aryl methyl sites for hydroxylation is 1. The van der Waals surface area contributed by atoms with Crippen molar-refractivity contribution in [1.82, 2.24) is 4.98 Å². The highest BCUT2D eigenvalue weighted by molar-refractivity contribution is 8.00. The van der Waals surface area contributed by atoms with E-state index >= 15 is 0 Å². The molecule has 2 N–H and O–H groups in total. The smallest absolute Gasteiger partial charge is 0.305 e. The molecule has 5 aromatic rings. The topological polar surface area (TPSA) is 118 Å². The van der Waals surface area contributed by atoms with Gasteiger partial charge < -0.3 is 19.8 Å². The zero-order valence-corrected chi connectivity index (χ0v) is 29.6. The van der Waals surface area contributed by atoms with E-state index in [1.165, 1.54) is 16.2 Å². The summed E-state index contributed by atoms with van der Waals surface area (Å²) in [5.41, 5.74) is 3.33. The zero-order chi connectivity index (χ0) is 35.0. The van der Waals surface area contributed by atoms with Crippen molar-refractivity contribution in [2.24, 2.45) is 29.6 Å². The van der Waals surface area contributed by atoms with Crippen LogP contribution in [0.3, 0.4) is 0 Å². The standard InChI is InChI=1S/C40H35N3O6S2/c1-3-48-29-17-23(11-15-28(29)49-19-30(44)41-24-12-10-21-6-4-5-7-22(21)16-24)31-32-26-18-27(35(32)50-37-36(31)51-40(47)42-37)34-33(26)38(45)43(39(34)46)25-13-8-20(2)9-14-25/h4-17,26-27,31-35H,3,18-19H2,1-2H3,(H,41,44)(H,42,47)/t26-,27-,31+,32-,33+,34+,35-/m1/s1. The Hall–Kier alpha value is -4.87. The predicted octanol–water partition coefficient (Wildman–Crippen LogP) is 6.99. The van der Waals surface area contributed by atoms with E-state index in [9.17, 15) is 19.2 Å². The Bertz CT molecular complexity index is 2280. The van der Waals surface area contributed by atoms with Gasteiger partial charge in [0.1, 0.15) is 0 Å². The second-order valence-electron chi connectivity index (χ2n) is 13.8. The first-order valence-electron chi connectivity index (χ1n) is 17.3. The van der Waals surface area contributed by atoms with Crippen molar-refractivity contribution in [3.05, 3.63) is 111 Å². The molecule has 0 unspecified atom stereocenters. The fourth-order valence-electron chi connectivity index (χ4n) is 9.05. The average molecular weight is 718 g/mol. The summed E-state index contributed by atoms with van der Waals surface area (Å²) < 4.78 is 12.1. The van der Waals surface area contributed by atoms with Crippen LogP contribution < -0.4 is 24.6 Å². The van der Waals surface area contributed by atoms with Gasteiger partial charge in [0.2, 0.25) is 11.8 Å². The highest BCUT2D eigenvalue weighted by Crippen LogP contribution is 2.68. The van der Waals surface area contributed by atoms with Crippen molar-refractivity contribution in [1.29, 1.82) is 0 Å². The van der Waals surface area contributed by atoms with E-state index < -0.39 is 0 Å². The molecule has 4 aliphatic rings. The fourth-order valence-corrected chi connectivity index (χ4v) is 11.9. The number of carbonyl (C=O) groups is 3. The van der Waals surface area contributed by atoms with Gasteiger partial charge in [-0.1, -0.05) is 65.4 Å². The molecule has 9 nitrogen and oxygen atoms in total. The van der Waals surface area contributed by atoms with Gasteiger partial charge in [0.15, 0.2) is 18.1 Å². The summed E-state index contributed by atoms with van der Waals surface area (Å²) in [6.07, 6.45) is 0.804. The van der Waals surface area contributed by atoms with Crippen LogP contribution in [-0.2, 0) is 14.4 Å². The lowest BCUT2D eigenvalue weighted by atomic mass is 9.68. The third-order valence-electron chi connectivity index (χ3n) is 11.0. The second kappa shape index (κ2) is 12.4. The minimum absolute atomic E-state index is 0.00924. The Morgan fingerprint density at radius 3 is 2.43 bits per heavy atom. The minimum Gasteiger partial charge on any atom is -0.490 e. The number of aromatic amines is 1. The number of thioether (sulfide) groups is 1. The Kier molecular flexibility index (Phi) is 7.81. The highest BCUT2D eigenvalue weighted by Gasteiger charge is 2.69. The lowest BCUT2D eigenvalue weighted by molar-refractivity contribution is -0.123. The van der Waals surface area contributed by atoms with E-state index in [0.29, 0.717) is 29.5 Å². The number of nitrogens with one attached hydrogen (secondary N) is 2. The largest absolute Gasteiger partial charge is 0.490 e. The molecule has 4 aromatic carbocycles. The number of thiazole rings is 1. The number of amides is 3. The molecule has 0 spiro atoms. The number of nitrogens with zero attached hydrogens (tertiary/aromatic N) is 1. The summed E-state index contributed by atoms with van der Waals surface area (Å²) in [6, 6.07) is 27.1. The van der Waals surface area contributed by atoms with E-state index in [1.54, 1.807) is 11.8 Å². The van der Waals surface area contributed by atoms with Crippen LogP contribution in [0, 0.1) is 36.5 Å². The van der Waals surface area contributed by atoms with E-state index in [1.807, 2.05) is 98.8 Å². The van der Waals surface area contributed by atoms with E-state index in [4.69, 9.17) is 9.47 Å². The molecule has 258 valence electrons. The van der Waals surface area contributed by atoms with Gasteiger partial charge in [-0.3, -0.25) is 24.1 Å². The number of fused-ring (bicyclic) bond motifs is 10. The van der Waals surface area contributed by atoms with Gasteiger partial charge in [0.25, 0.3) is 5.91 Å². The number of rotatable bonds is 8. The molecule has 9 rings (SSSR count). The number of ether oxygens (including phenoxy) is 2. The molecule has 2 aliphatic carbocycles. The zero-order valence-electron chi connectivity index (χ0n) is 28.0. The van der Waals surface area contributed by atoms with E-state index in [0.717, 1.165) is 38.2 Å². The Morgan fingerprint density at radius 2 is 1.65 bits per heavy atom. The number of hydrogen-bond acceptors (Lipinski definition) is 8. The minimum atomic E-state index is -0.388. The summed E-state index contributed by atoms with van der Waals surface area (Å²) in [5.74, 6) is -0.428. The molecule has 2 bridgehead atoms. The summed E-state index contributed by atoms with van der Waals surface area (Å²) in [5, 5.41) is 5.95. The number of imide groups is 1.